The van der Waals surface area contributed by atoms with E-state index in [1.54, 1.807) is 65.8 Å². The topological polar surface area (TPSA) is 236 Å². The molecule has 1 aliphatic carbocycles. The van der Waals surface area contributed by atoms with E-state index in [1.807, 2.05) is 114 Å². The molecule has 105 heavy (non-hydrogen) atoms. The van der Waals surface area contributed by atoms with Gasteiger partial charge in [-0.05, 0) is 216 Å². The highest BCUT2D eigenvalue weighted by Gasteiger charge is 2.23. The van der Waals surface area contributed by atoms with Crippen molar-refractivity contribution < 1.29 is 48.6 Å². The van der Waals surface area contributed by atoms with Gasteiger partial charge >= 0.3 is 0 Å². The zero-order valence-electron chi connectivity index (χ0n) is 63.2. The Hall–Kier alpha value is -10.2. The zero-order valence-corrected chi connectivity index (χ0v) is 63.2. The molecular weight excluding hydrogens is 1320 g/mol. The molecule has 18 heteroatoms. The van der Waals surface area contributed by atoms with Gasteiger partial charge in [-0.1, -0.05) is 41.0 Å². The Balaban J connectivity index is 0.000000150. The molecule has 0 saturated heterocycles. The molecule has 8 aromatic carbocycles. The molecule has 0 amide bonds. The molecule has 13 rings (SSSR count). The first-order valence-electron chi connectivity index (χ1n) is 36.8. The van der Waals surface area contributed by atoms with E-state index in [9.17, 15) is 48.6 Å². The van der Waals surface area contributed by atoms with Gasteiger partial charge in [0.1, 0.15) is 11.5 Å². The number of ketones is 8. The molecule has 4 aromatic heterocycles. The highest BCUT2D eigenvalue weighted by atomic mass is 16.3. The largest absolute Gasteiger partial charge is 0.507 e. The van der Waals surface area contributed by atoms with Crippen LogP contribution in [0.3, 0.4) is 0 Å². The Bertz CT molecular complexity index is 4920. The number of Topliss-reactive ketones (excluding diaryl/α,β-unsaturated/α-hetero) is 8. The summed E-state index contributed by atoms with van der Waals surface area (Å²) in [5.41, 5.74) is 12.8. The number of likely N-dealkylation sites (N-methyl/N-ethyl adjacent to an activating group) is 1. The van der Waals surface area contributed by atoms with Gasteiger partial charge in [0.15, 0.2) is 46.3 Å². The summed E-state index contributed by atoms with van der Waals surface area (Å²) < 4.78 is 8.85. The quantitative estimate of drug-likeness (QED) is 0.0317. The first kappa shape index (κ1) is 77.4. The number of nitrogens with zero attached hydrogens (tertiary/aromatic N) is 5. The summed E-state index contributed by atoms with van der Waals surface area (Å²) in [6.07, 6.45) is 4.97. The van der Waals surface area contributed by atoms with Crippen LogP contribution in [-0.4, -0.2) is 137 Å². The van der Waals surface area contributed by atoms with Crippen LogP contribution in [0.15, 0.2) is 133 Å². The van der Waals surface area contributed by atoms with E-state index in [0.717, 1.165) is 146 Å². The maximum Gasteiger partial charge on any atom is 0.163 e. The number of aromatic nitrogens is 4. The van der Waals surface area contributed by atoms with E-state index in [2.05, 4.69) is 76.1 Å². The van der Waals surface area contributed by atoms with Crippen LogP contribution in [0.1, 0.15) is 205 Å². The Morgan fingerprint density at radius 3 is 0.933 bits per heavy atom. The number of fused-ring (bicyclic) bond motifs is 12. The summed E-state index contributed by atoms with van der Waals surface area (Å²) >= 11 is 0. The van der Waals surface area contributed by atoms with Crippen LogP contribution in [0, 0.1) is 0 Å². The minimum absolute atomic E-state index is 0.0500. The summed E-state index contributed by atoms with van der Waals surface area (Å²) in [5, 5.41) is 38.8. The van der Waals surface area contributed by atoms with E-state index in [-0.39, 0.29) is 68.9 Å². The van der Waals surface area contributed by atoms with Crippen LogP contribution in [0.5, 0.6) is 11.5 Å². The van der Waals surface area contributed by atoms with Crippen molar-refractivity contribution in [3.8, 4) is 11.5 Å². The van der Waals surface area contributed by atoms with Gasteiger partial charge in [-0.3, -0.25) is 38.4 Å². The first-order valence-corrected chi connectivity index (χ1v) is 36.8. The normalized spacial score (nSPS) is 12.6. The molecule has 0 spiro atoms. The molecule has 548 valence electrons. The van der Waals surface area contributed by atoms with Gasteiger partial charge in [-0.2, -0.15) is 0 Å². The summed E-state index contributed by atoms with van der Waals surface area (Å²) in [5.74, 6) is -0.298. The molecule has 1 atom stereocenters. The van der Waals surface area contributed by atoms with E-state index < -0.39 is 0 Å². The van der Waals surface area contributed by atoms with Crippen LogP contribution in [0.2, 0.25) is 0 Å². The number of hydrogen-bond acceptors (Lipinski definition) is 14. The van der Waals surface area contributed by atoms with Crippen LogP contribution >= 0.6 is 0 Å². The van der Waals surface area contributed by atoms with Crippen molar-refractivity contribution in [2.45, 2.75) is 167 Å². The number of carbonyl (C=O) groups excluding carboxylic acids is 8. The fourth-order valence-electron chi connectivity index (χ4n) is 14.1. The van der Waals surface area contributed by atoms with Gasteiger partial charge in [0.2, 0.25) is 0 Å². The Morgan fingerprint density at radius 2 is 0.667 bits per heavy atom. The number of aromatic hydroxyl groups is 2. The highest BCUT2D eigenvalue weighted by molar-refractivity contribution is 6.17. The average Bonchev–Trinajstić information content (AvgIpc) is 1.63. The van der Waals surface area contributed by atoms with Gasteiger partial charge < -0.3 is 49.3 Å². The molecule has 1 fully saturated rings. The highest BCUT2D eigenvalue weighted by Crippen LogP contribution is 2.39. The predicted octanol–water partition coefficient (Wildman–Crippen LogP) is 17.1. The van der Waals surface area contributed by atoms with Crippen molar-refractivity contribution in [1.29, 1.82) is 0 Å². The lowest BCUT2D eigenvalue weighted by Crippen LogP contribution is -2.36. The summed E-state index contributed by atoms with van der Waals surface area (Å²) in [4.78, 5) is 97.1. The number of hydrogen-bond donors (Lipinski definition) is 5. The standard InChI is InChI=1S/C22H24N2O2.2C22H26N2O2.C21H24N2O4/c1-14(25)16-6-8-21-19(12-16)20-13-17(15(2)26)7-9-22(20)24(21)11-10-23-18-4-3-5-18;1-5-14(2)23-10-11-24-21-8-6-17(15(3)25)12-19(21)20-13-18(16(4)26)7-9-22(20)24;1-5-23(6-2)11-12-24-21-9-7-17(15(3)25)13-19(21)20-14-18(16(4)26)8-10-22(20)24;1-11(2)22-5-6-23-18-9-20(26)14(12(3)24)7-16(18)17-8-15(13(4)25)21(27)10-19(17)23/h6-9,12-13,18,23H,3-5,10-11H2,1-2H3;6-9,12-14,23H,5,10-11H2,1-4H3;7-10,13-14H,5-6,11-12H2,1-4H3;7-11,22,26-27H,5-6H2,1-4H3. The molecule has 12 aromatic rings. The van der Waals surface area contributed by atoms with Crippen molar-refractivity contribution >= 4 is 133 Å². The lowest BCUT2D eigenvalue weighted by atomic mass is 9.93. The van der Waals surface area contributed by atoms with Gasteiger partial charge in [0, 0.05) is 192 Å². The lowest BCUT2D eigenvalue weighted by molar-refractivity contribution is 0.100. The SMILES string of the molecule is CC(=O)c1cc2c3cc(C(C)=O)c(O)cc3n(CCNC(C)C)c2cc1O.CC(=O)c1ccc2c(c1)c1cc(C(C)=O)ccc1n2CCNC1CCC1.CCC(C)NCCn1c2ccc(C(C)=O)cc2c2cc(C(C)=O)ccc21.CCN(CC)CCn1c2ccc(C(C)=O)cc2c2cc(C(C)=O)ccc21. The molecule has 0 bridgehead atoms. The molecule has 1 saturated carbocycles. The third-order valence-corrected chi connectivity index (χ3v) is 20.6. The molecule has 1 aliphatic rings. The second kappa shape index (κ2) is 33.7. The number of rotatable bonds is 26. The average molecular weight is 1420 g/mol. The maximum atomic E-state index is 11.9. The van der Waals surface area contributed by atoms with E-state index >= 15 is 0 Å². The molecule has 5 N–H and O–H groups in total. The Labute approximate surface area is 613 Å². The number of phenolic OH excluding ortho intramolecular Hbond substituents is 2. The third-order valence-electron chi connectivity index (χ3n) is 20.6. The summed E-state index contributed by atoms with van der Waals surface area (Å²) in [6.45, 7) is 33.8. The van der Waals surface area contributed by atoms with Gasteiger partial charge in [0.05, 0.1) is 22.2 Å². The van der Waals surface area contributed by atoms with Crippen LogP contribution in [0.4, 0.5) is 0 Å². The van der Waals surface area contributed by atoms with Crippen molar-refractivity contribution in [2.24, 2.45) is 0 Å². The van der Waals surface area contributed by atoms with Crippen LogP contribution in [0.25, 0.3) is 87.2 Å². The van der Waals surface area contributed by atoms with Gasteiger partial charge in [-0.25, -0.2) is 0 Å². The van der Waals surface area contributed by atoms with Crippen molar-refractivity contribution in [2.75, 3.05) is 39.3 Å². The Morgan fingerprint density at radius 1 is 0.381 bits per heavy atom. The van der Waals surface area contributed by atoms with Crippen LogP contribution in [-0.2, 0) is 26.2 Å². The van der Waals surface area contributed by atoms with Gasteiger partial charge in [0.25, 0.3) is 0 Å². The third kappa shape index (κ3) is 17.1. The second-order valence-electron chi connectivity index (χ2n) is 28.2. The molecule has 1 unspecified atom stereocenters. The number of phenols is 2. The maximum absolute atomic E-state index is 11.9. The van der Waals surface area contributed by atoms with Gasteiger partial charge in [-0.15, -0.1) is 0 Å². The molecule has 0 aliphatic heterocycles. The van der Waals surface area contributed by atoms with E-state index in [1.165, 1.54) is 33.1 Å². The molecule has 18 nitrogen and oxygen atoms in total. The molecule has 0 radical (unpaired) electrons. The molecular formula is C87H100N8O10. The monoisotopic (exact) mass is 1420 g/mol. The first-order chi connectivity index (χ1) is 50.1. The van der Waals surface area contributed by atoms with Crippen molar-refractivity contribution in [1.82, 2.24) is 39.1 Å². The fraction of sp³-hybridized carbons (Fsp3) is 0.356. The van der Waals surface area contributed by atoms with E-state index in [0.29, 0.717) is 64.6 Å². The summed E-state index contributed by atoms with van der Waals surface area (Å²) in [7, 11) is 0. The predicted molar refractivity (Wildman–Crippen MR) is 425 cm³/mol. The van der Waals surface area contributed by atoms with Crippen LogP contribution < -0.4 is 16.0 Å². The minimum Gasteiger partial charge on any atom is -0.507 e. The minimum atomic E-state index is -0.234. The van der Waals surface area contributed by atoms with Crippen molar-refractivity contribution in [3.63, 3.8) is 0 Å². The van der Waals surface area contributed by atoms with Crippen molar-refractivity contribution in [3.05, 3.63) is 178 Å². The van der Waals surface area contributed by atoms with E-state index in [4.69, 9.17) is 0 Å². The second-order valence-corrected chi connectivity index (χ2v) is 28.2. The summed E-state index contributed by atoms with van der Waals surface area (Å²) in [6, 6.07) is 43.2. The number of carbonyl (C=O) groups is 8. The molecule has 4 heterocycles. The Kier molecular flexibility index (Phi) is 24.8. The fourth-order valence-corrected chi connectivity index (χ4v) is 14.1. The zero-order chi connectivity index (χ0) is 75.8. The smallest absolute Gasteiger partial charge is 0.163 e. The number of nitrogens with one attached hydrogen (secondary N) is 3. The lowest BCUT2D eigenvalue weighted by Gasteiger charge is -2.26. The number of benzene rings is 8.